The van der Waals surface area contributed by atoms with Gasteiger partial charge in [0.15, 0.2) is 0 Å². The Bertz CT molecular complexity index is 1210. The molecule has 3 rings (SSSR count). The van der Waals surface area contributed by atoms with Gasteiger partial charge >= 0.3 is 11.9 Å². The summed E-state index contributed by atoms with van der Waals surface area (Å²) in [5.41, 5.74) is 3.57. The van der Waals surface area contributed by atoms with Gasteiger partial charge in [-0.2, -0.15) is 0 Å². The van der Waals surface area contributed by atoms with Crippen LogP contribution >= 0.6 is 0 Å². The van der Waals surface area contributed by atoms with Crippen molar-refractivity contribution in [2.45, 2.75) is 39.0 Å². The van der Waals surface area contributed by atoms with Gasteiger partial charge in [-0.05, 0) is 79.1 Å². The standard InChI is InChI=1S/C32H32O5/c1-3-5-6-8-25-9-11-26(12-10-25)13-14-27-15-19-30(20-16-27)37-32(34)28-17-21-29(22-18-28)35-23-7-24-36-31(33)4-2/h4,9-12,15-22H,2-3,5-8,23-24H2,1H3. The summed E-state index contributed by atoms with van der Waals surface area (Å²) in [5.74, 6) is 6.48. The molecule has 0 atom stereocenters. The first-order valence-corrected chi connectivity index (χ1v) is 12.5. The molecule has 0 aromatic heterocycles. The van der Waals surface area contributed by atoms with Gasteiger partial charge in [-0.15, -0.1) is 0 Å². The van der Waals surface area contributed by atoms with Crippen molar-refractivity contribution in [3.8, 4) is 23.3 Å². The molecule has 5 nitrogen and oxygen atoms in total. The van der Waals surface area contributed by atoms with Crippen LogP contribution in [-0.2, 0) is 16.0 Å². The fourth-order valence-electron chi connectivity index (χ4n) is 3.42. The van der Waals surface area contributed by atoms with Gasteiger partial charge < -0.3 is 14.2 Å². The Morgan fingerprint density at radius 3 is 2.03 bits per heavy atom. The number of hydrogen-bond donors (Lipinski definition) is 0. The fraction of sp³-hybridized carbons (Fsp3) is 0.250. The molecule has 0 spiro atoms. The van der Waals surface area contributed by atoms with Crippen LogP contribution in [0, 0.1) is 11.8 Å². The number of ether oxygens (including phenoxy) is 3. The molecule has 0 N–H and O–H groups in total. The number of carbonyl (C=O) groups excluding carboxylic acids is 2. The molecule has 0 fully saturated rings. The summed E-state index contributed by atoms with van der Waals surface area (Å²) >= 11 is 0. The first-order valence-electron chi connectivity index (χ1n) is 12.5. The average Bonchev–Trinajstić information content (AvgIpc) is 2.93. The second-order valence-electron chi connectivity index (χ2n) is 8.42. The molecule has 37 heavy (non-hydrogen) atoms. The van der Waals surface area contributed by atoms with Crippen molar-refractivity contribution in [2.24, 2.45) is 0 Å². The van der Waals surface area contributed by atoms with Crippen molar-refractivity contribution >= 4 is 11.9 Å². The SMILES string of the molecule is C=CC(=O)OCCCOc1ccc(C(=O)Oc2ccc(C#Cc3ccc(CCCCC)cc3)cc2)cc1. The molecule has 0 amide bonds. The Kier molecular flexibility index (Phi) is 11.0. The maximum Gasteiger partial charge on any atom is 0.343 e. The van der Waals surface area contributed by atoms with E-state index in [1.54, 1.807) is 36.4 Å². The predicted molar refractivity (Wildman–Crippen MR) is 145 cm³/mol. The van der Waals surface area contributed by atoms with E-state index in [1.165, 1.54) is 24.8 Å². The summed E-state index contributed by atoms with van der Waals surface area (Å²) in [5, 5.41) is 0. The average molecular weight is 497 g/mol. The van der Waals surface area contributed by atoms with Crippen molar-refractivity contribution in [3.05, 3.63) is 108 Å². The topological polar surface area (TPSA) is 61.8 Å². The Hall–Kier alpha value is -4.30. The second-order valence-corrected chi connectivity index (χ2v) is 8.42. The lowest BCUT2D eigenvalue weighted by Crippen LogP contribution is -2.09. The maximum absolute atomic E-state index is 12.5. The minimum atomic E-state index is -0.458. The summed E-state index contributed by atoms with van der Waals surface area (Å²) in [6, 6.07) is 22.2. The molecule has 3 aromatic rings. The van der Waals surface area contributed by atoms with Crippen LogP contribution in [0.25, 0.3) is 0 Å². The molecule has 0 aliphatic heterocycles. The molecule has 0 saturated heterocycles. The van der Waals surface area contributed by atoms with Crippen molar-refractivity contribution in [1.29, 1.82) is 0 Å². The molecule has 0 bridgehead atoms. The molecular weight excluding hydrogens is 464 g/mol. The van der Waals surface area contributed by atoms with Crippen LogP contribution in [-0.4, -0.2) is 25.2 Å². The van der Waals surface area contributed by atoms with Crippen LogP contribution in [0.1, 0.15) is 59.7 Å². The number of esters is 2. The second kappa shape index (κ2) is 15.0. The summed E-state index contributed by atoms with van der Waals surface area (Å²) < 4.78 is 15.9. The lowest BCUT2D eigenvalue weighted by Gasteiger charge is -2.08. The van der Waals surface area contributed by atoms with Crippen LogP contribution in [0.5, 0.6) is 11.5 Å². The van der Waals surface area contributed by atoms with E-state index in [2.05, 4.69) is 49.6 Å². The first kappa shape index (κ1) is 27.3. The molecule has 3 aromatic carbocycles. The number of benzene rings is 3. The maximum atomic E-state index is 12.5. The third-order valence-corrected chi connectivity index (χ3v) is 5.50. The molecule has 0 aliphatic carbocycles. The van der Waals surface area contributed by atoms with E-state index in [-0.39, 0.29) is 6.61 Å². The zero-order valence-electron chi connectivity index (χ0n) is 21.2. The van der Waals surface area contributed by atoms with E-state index < -0.39 is 11.9 Å². The van der Waals surface area contributed by atoms with Crippen molar-refractivity contribution in [3.63, 3.8) is 0 Å². The Morgan fingerprint density at radius 1 is 0.784 bits per heavy atom. The van der Waals surface area contributed by atoms with E-state index in [0.29, 0.717) is 30.1 Å². The number of hydrogen-bond acceptors (Lipinski definition) is 5. The monoisotopic (exact) mass is 496 g/mol. The number of rotatable bonds is 12. The molecule has 0 radical (unpaired) electrons. The highest BCUT2D eigenvalue weighted by atomic mass is 16.5. The van der Waals surface area contributed by atoms with E-state index in [4.69, 9.17) is 14.2 Å². The molecule has 190 valence electrons. The number of carbonyl (C=O) groups is 2. The van der Waals surface area contributed by atoms with E-state index in [0.717, 1.165) is 23.6 Å². The molecule has 0 heterocycles. The zero-order chi connectivity index (χ0) is 26.3. The molecule has 0 saturated carbocycles. The Morgan fingerprint density at radius 2 is 1.41 bits per heavy atom. The van der Waals surface area contributed by atoms with E-state index >= 15 is 0 Å². The molecule has 0 unspecified atom stereocenters. The van der Waals surface area contributed by atoms with Gasteiger partial charge in [-0.25, -0.2) is 9.59 Å². The lowest BCUT2D eigenvalue weighted by molar-refractivity contribution is -0.137. The molecule has 0 aliphatic rings. The lowest BCUT2D eigenvalue weighted by atomic mass is 10.1. The highest BCUT2D eigenvalue weighted by Gasteiger charge is 2.09. The largest absolute Gasteiger partial charge is 0.493 e. The summed E-state index contributed by atoms with van der Waals surface area (Å²) in [6.45, 7) is 6.19. The van der Waals surface area contributed by atoms with Crippen molar-refractivity contribution in [2.75, 3.05) is 13.2 Å². The highest BCUT2D eigenvalue weighted by Crippen LogP contribution is 2.17. The minimum absolute atomic E-state index is 0.256. The fourth-order valence-corrected chi connectivity index (χ4v) is 3.42. The number of unbranched alkanes of at least 4 members (excludes halogenated alkanes) is 2. The highest BCUT2D eigenvalue weighted by molar-refractivity contribution is 5.91. The van der Waals surface area contributed by atoms with E-state index in [9.17, 15) is 9.59 Å². The van der Waals surface area contributed by atoms with Crippen LogP contribution in [0.4, 0.5) is 0 Å². The predicted octanol–water partition coefficient (Wildman–Crippen LogP) is 6.54. The number of aryl methyl sites for hydroxylation is 1. The third-order valence-electron chi connectivity index (χ3n) is 5.50. The molecular formula is C32H32O5. The Balaban J connectivity index is 1.46. The van der Waals surface area contributed by atoms with E-state index in [1.807, 2.05) is 12.1 Å². The third kappa shape index (κ3) is 9.70. The summed E-state index contributed by atoms with van der Waals surface area (Å²) in [4.78, 5) is 23.5. The van der Waals surface area contributed by atoms with Crippen molar-refractivity contribution < 1.29 is 23.8 Å². The van der Waals surface area contributed by atoms with Gasteiger partial charge in [-0.3, -0.25) is 0 Å². The molecule has 5 heteroatoms. The smallest absolute Gasteiger partial charge is 0.343 e. The summed E-state index contributed by atoms with van der Waals surface area (Å²) in [7, 11) is 0. The van der Waals surface area contributed by atoms with Crippen LogP contribution < -0.4 is 9.47 Å². The van der Waals surface area contributed by atoms with Crippen molar-refractivity contribution in [1.82, 2.24) is 0 Å². The van der Waals surface area contributed by atoms with Gasteiger partial charge in [0.1, 0.15) is 11.5 Å². The van der Waals surface area contributed by atoms with Gasteiger partial charge in [0.25, 0.3) is 0 Å². The van der Waals surface area contributed by atoms with Gasteiger partial charge in [0.05, 0.1) is 18.8 Å². The Labute approximate surface area is 219 Å². The van der Waals surface area contributed by atoms with Gasteiger partial charge in [0, 0.05) is 23.6 Å². The minimum Gasteiger partial charge on any atom is -0.493 e. The quantitative estimate of drug-likeness (QED) is 0.0937. The van der Waals surface area contributed by atoms with Crippen LogP contribution in [0.2, 0.25) is 0 Å². The van der Waals surface area contributed by atoms with Gasteiger partial charge in [-0.1, -0.05) is 50.3 Å². The van der Waals surface area contributed by atoms with Crippen LogP contribution in [0.3, 0.4) is 0 Å². The van der Waals surface area contributed by atoms with Gasteiger partial charge in [0.2, 0.25) is 0 Å². The first-order chi connectivity index (χ1) is 18.1. The summed E-state index contributed by atoms with van der Waals surface area (Å²) in [6.07, 6.45) is 6.48. The zero-order valence-corrected chi connectivity index (χ0v) is 21.2. The normalized spacial score (nSPS) is 10.1. The van der Waals surface area contributed by atoms with Crippen LogP contribution in [0.15, 0.2) is 85.5 Å².